The van der Waals surface area contributed by atoms with Crippen LogP contribution < -0.4 is 10.6 Å². The lowest BCUT2D eigenvalue weighted by Crippen LogP contribution is -2.43. The Hall–Kier alpha value is -2.42. The van der Waals surface area contributed by atoms with Crippen LogP contribution in [-0.4, -0.2) is 27.0 Å². The maximum Gasteiger partial charge on any atom is 0.194 e. The summed E-state index contributed by atoms with van der Waals surface area (Å²) >= 11 is 1.28. The van der Waals surface area contributed by atoms with Crippen LogP contribution in [0.4, 0.5) is 24.1 Å². The number of nitrogen functional groups attached to an aromatic ring is 1. The predicted octanol–water partition coefficient (Wildman–Crippen LogP) is 3.69. The van der Waals surface area contributed by atoms with E-state index in [1.165, 1.54) is 17.7 Å². The fourth-order valence-electron chi connectivity index (χ4n) is 3.67. The van der Waals surface area contributed by atoms with Crippen LogP contribution in [-0.2, 0) is 6.42 Å². The molecule has 0 saturated carbocycles. The van der Waals surface area contributed by atoms with E-state index >= 15 is 0 Å². The molecule has 3 heterocycles. The van der Waals surface area contributed by atoms with E-state index in [-0.39, 0.29) is 0 Å². The lowest BCUT2D eigenvalue weighted by Gasteiger charge is -2.36. The van der Waals surface area contributed by atoms with Crippen LogP contribution in [0, 0.1) is 17.5 Å². The van der Waals surface area contributed by atoms with Gasteiger partial charge in [0.1, 0.15) is 11.8 Å². The Labute approximate surface area is 151 Å². The number of nitrogens with two attached hydrogens (primary N) is 1. The van der Waals surface area contributed by atoms with Gasteiger partial charge in [-0.3, -0.25) is 0 Å². The van der Waals surface area contributed by atoms with E-state index in [0.29, 0.717) is 33.3 Å². The number of aromatic nitrogens is 3. The van der Waals surface area contributed by atoms with Gasteiger partial charge in [-0.05, 0) is 43.9 Å². The molecule has 1 aliphatic rings. The van der Waals surface area contributed by atoms with Crippen LogP contribution in [0.5, 0.6) is 0 Å². The summed E-state index contributed by atoms with van der Waals surface area (Å²) in [6.45, 7) is 2.73. The third-order valence-corrected chi connectivity index (χ3v) is 5.62. The smallest absolute Gasteiger partial charge is 0.194 e. The minimum Gasteiger partial charge on any atom is -0.375 e. The summed E-state index contributed by atoms with van der Waals surface area (Å²) < 4.78 is 40.4. The average molecular weight is 379 g/mol. The van der Waals surface area contributed by atoms with Gasteiger partial charge in [0.2, 0.25) is 0 Å². The fraction of sp³-hybridized carbons (Fsp3) is 0.353. The van der Waals surface area contributed by atoms with Gasteiger partial charge in [-0.25, -0.2) is 28.1 Å². The molecule has 0 bridgehead atoms. The van der Waals surface area contributed by atoms with E-state index in [2.05, 4.69) is 19.9 Å². The summed E-state index contributed by atoms with van der Waals surface area (Å²) in [7, 11) is 0. The number of hydrogen-bond acceptors (Lipinski definition) is 6. The van der Waals surface area contributed by atoms with Crippen molar-refractivity contribution < 1.29 is 13.2 Å². The Kier molecular flexibility index (Phi) is 3.98. The van der Waals surface area contributed by atoms with Gasteiger partial charge >= 0.3 is 0 Å². The summed E-state index contributed by atoms with van der Waals surface area (Å²) in [5, 5.41) is 0.408. The molecule has 3 aromatic rings. The van der Waals surface area contributed by atoms with Gasteiger partial charge in [-0.2, -0.15) is 0 Å². The topological polar surface area (TPSA) is 67.9 Å². The number of fused-ring (bicyclic) bond motifs is 1. The Balaban J connectivity index is 1.73. The minimum atomic E-state index is -1.45. The molecule has 0 amide bonds. The molecule has 1 fully saturated rings. The van der Waals surface area contributed by atoms with Crippen LogP contribution in [0.2, 0.25) is 0 Å². The van der Waals surface area contributed by atoms with Crippen molar-refractivity contribution in [2.75, 3.05) is 17.2 Å². The van der Waals surface area contributed by atoms with Gasteiger partial charge < -0.3 is 10.6 Å². The fourth-order valence-corrected chi connectivity index (χ4v) is 4.34. The van der Waals surface area contributed by atoms with Crippen LogP contribution in [0.25, 0.3) is 10.3 Å². The summed E-state index contributed by atoms with van der Waals surface area (Å²) in [6, 6.07) is 2.10. The van der Waals surface area contributed by atoms with Gasteiger partial charge in [0.05, 0.1) is 0 Å². The molecule has 0 radical (unpaired) electrons. The highest BCUT2D eigenvalue weighted by Gasteiger charge is 2.39. The number of hydrogen-bond donors (Lipinski definition) is 1. The molecule has 136 valence electrons. The number of benzene rings is 1. The van der Waals surface area contributed by atoms with E-state index in [4.69, 9.17) is 5.73 Å². The monoisotopic (exact) mass is 379 g/mol. The molecule has 1 unspecified atom stereocenters. The predicted molar refractivity (Wildman–Crippen MR) is 94.6 cm³/mol. The van der Waals surface area contributed by atoms with Crippen LogP contribution >= 0.6 is 11.3 Å². The quantitative estimate of drug-likeness (QED) is 0.703. The van der Waals surface area contributed by atoms with Crippen molar-refractivity contribution in [2.45, 2.75) is 31.7 Å². The van der Waals surface area contributed by atoms with Crippen molar-refractivity contribution in [3.8, 4) is 0 Å². The first-order valence-corrected chi connectivity index (χ1v) is 8.97. The summed E-state index contributed by atoms with van der Waals surface area (Å²) in [5.41, 5.74) is 6.39. The second kappa shape index (κ2) is 6.08. The molecular formula is C17H16F3N5S. The SMILES string of the molecule is CC1(Cc2cc(F)c(F)c(F)c2)CCCN1c1ncnc2sc(N)nc12. The molecule has 26 heavy (non-hydrogen) atoms. The molecule has 4 rings (SSSR count). The van der Waals surface area contributed by atoms with Crippen molar-refractivity contribution in [2.24, 2.45) is 0 Å². The van der Waals surface area contributed by atoms with E-state index in [9.17, 15) is 13.2 Å². The largest absolute Gasteiger partial charge is 0.375 e. The highest BCUT2D eigenvalue weighted by molar-refractivity contribution is 7.21. The van der Waals surface area contributed by atoms with Crippen molar-refractivity contribution >= 4 is 32.6 Å². The number of halogens is 3. The van der Waals surface area contributed by atoms with Crippen LogP contribution in [0.3, 0.4) is 0 Å². The molecule has 2 N–H and O–H groups in total. The summed E-state index contributed by atoms with van der Waals surface area (Å²) in [5.74, 6) is -3.14. The number of anilines is 2. The zero-order chi connectivity index (χ0) is 18.5. The molecule has 1 atom stereocenters. The molecule has 1 aliphatic heterocycles. The zero-order valence-electron chi connectivity index (χ0n) is 14.0. The zero-order valence-corrected chi connectivity index (χ0v) is 14.8. The van der Waals surface area contributed by atoms with Gasteiger partial charge in [0.15, 0.2) is 33.2 Å². The lowest BCUT2D eigenvalue weighted by atomic mass is 9.90. The summed E-state index contributed by atoms with van der Waals surface area (Å²) in [6.07, 6.45) is 3.52. The molecule has 2 aromatic heterocycles. The highest BCUT2D eigenvalue weighted by Crippen LogP contribution is 2.39. The lowest BCUT2D eigenvalue weighted by molar-refractivity contribution is 0.433. The number of nitrogens with zero attached hydrogens (tertiary/aromatic N) is 4. The Morgan fingerprint density at radius 1 is 1.23 bits per heavy atom. The van der Waals surface area contributed by atoms with Gasteiger partial charge in [0.25, 0.3) is 0 Å². The standard InChI is InChI=1S/C17H16F3N5S/c1-17(7-9-5-10(18)12(20)11(19)6-9)3-2-4-25(17)14-13-15(23-8-22-14)26-16(21)24-13/h5-6,8H,2-4,7H2,1H3,(H2,21,24). The van der Waals surface area contributed by atoms with Gasteiger partial charge in [0, 0.05) is 12.1 Å². The molecule has 5 nitrogen and oxygen atoms in total. The normalized spacial score (nSPS) is 20.2. The van der Waals surface area contributed by atoms with Crippen molar-refractivity contribution in [1.29, 1.82) is 0 Å². The van der Waals surface area contributed by atoms with Crippen molar-refractivity contribution in [1.82, 2.24) is 15.0 Å². The van der Waals surface area contributed by atoms with Gasteiger partial charge in [-0.1, -0.05) is 11.3 Å². The van der Waals surface area contributed by atoms with Crippen LogP contribution in [0.1, 0.15) is 25.3 Å². The number of thiazole rings is 1. The Bertz CT molecular complexity index is 969. The van der Waals surface area contributed by atoms with E-state index in [0.717, 1.165) is 31.5 Å². The van der Waals surface area contributed by atoms with E-state index in [1.807, 2.05) is 6.92 Å². The summed E-state index contributed by atoms with van der Waals surface area (Å²) in [4.78, 5) is 15.7. The van der Waals surface area contributed by atoms with Crippen LogP contribution in [0.15, 0.2) is 18.5 Å². The number of rotatable bonds is 3. The minimum absolute atomic E-state index is 0.353. The molecule has 0 spiro atoms. The second-order valence-electron chi connectivity index (χ2n) is 6.71. The first-order valence-electron chi connectivity index (χ1n) is 8.15. The third kappa shape index (κ3) is 2.76. The van der Waals surface area contributed by atoms with Crippen molar-refractivity contribution in [3.05, 3.63) is 41.5 Å². The first kappa shape index (κ1) is 17.0. The molecular weight excluding hydrogens is 363 g/mol. The highest BCUT2D eigenvalue weighted by atomic mass is 32.1. The maximum atomic E-state index is 13.6. The Morgan fingerprint density at radius 2 is 1.96 bits per heavy atom. The second-order valence-corrected chi connectivity index (χ2v) is 7.71. The average Bonchev–Trinajstić information content (AvgIpc) is 3.14. The molecule has 1 saturated heterocycles. The maximum absolute atomic E-state index is 13.6. The Morgan fingerprint density at radius 3 is 2.69 bits per heavy atom. The van der Waals surface area contributed by atoms with E-state index < -0.39 is 23.0 Å². The van der Waals surface area contributed by atoms with Crippen molar-refractivity contribution in [3.63, 3.8) is 0 Å². The first-order chi connectivity index (χ1) is 12.4. The molecule has 9 heteroatoms. The van der Waals surface area contributed by atoms with E-state index in [1.54, 1.807) is 0 Å². The molecule has 0 aliphatic carbocycles. The van der Waals surface area contributed by atoms with Gasteiger partial charge in [-0.15, -0.1) is 0 Å². The third-order valence-electron chi connectivity index (χ3n) is 4.83. The molecule has 1 aromatic carbocycles.